The molecule has 10 heteroatoms. The molecule has 0 aliphatic carbocycles. The fourth-order valence-corrected chi connectivity index (χ4v) is 4.47. The lowest BCUT2D eigenvalue weighted by Crippen LogP contribution is -2.18. The first-order chi connectivity index (χ1) is 17.8. The topological polar surface area (TPSA) is 75.9 Å². The van der Waals surface area contributed by atoms with E-state index in [9.17, 15) is 18.0 Å². The molecule has 5 rings (SSSR count). The van der Waals surface area contributed by atoms with Gasteiger partial charge < -0.3 is 9.88 Å². The van der Waals surface area contributed by atoms with Crippen LogP contribution in [0.5, 0.6) is 0 Å². The lowest BCUT2D eigenvalue weighted by atomic mass is 10.00. The molecule has 1 aliphatic heterocycles. The number of hydrogen-bond acceptors (Lipinski definition) is 5. The fourth-order valence-electron chi connectivity index (χ4n) is 4.47. The molecule has 1 N–H and O–H groups in total. The molecule has 1 aliphatic rings. The second kappa shape index (κ2) is 10.1. The van der Waals surface area contributed by atoms with E-state index < -0.39 is 17.6 Å². The standard InChI is InChI=1S/C27H25F3N6O/c1-18-4-5-19(8-25(18)20-12-31-16-32-13-20)26(37)34-22-9-21(27(28,29)30)10-24(11-22)36-15-23(33-17-36)14-35-6-2-3-7-35/h4-5,8-13,15-17H,2-3,6-7,14H2,1H3,(H,34,37). The number of hydrogen-bond donors (Lipinski definition) is 1. The van der Waals surface area contributed by atoms with Crippen molar-refractivity contribution in [1.29, 1.82) is 0 Å². The predicted molar refractivity (Wildman–Crippen MR) is 133 cm³/mol. The number of amides is 1. The molecule has 190 valence electrons. The summed E-state index contributed by atoms with van der Waals surface area (Å²) in [5.41, 5.74) is 2.94. The Kier molecular flexibility index (Phi) is 6.75. The van der Waals surface area contributed by atoms with Gasteiger partial charge in [0.05, 0.1) is 17.6 Å². The van der Waals surface area contributed by atoms with Crippen LogP contribution in [0.2, 0.25) is 0 Å². The van der Waals surface area contributed by atoms with Crippen LogP contribution in [0.1, 0.15) is 40.0 Å². The fraction of sp³-hybridized carbons (Fsp3) is 0.259. The van der Waals surface area contributed by atoms with Crippen molar-refractivity contribution in [3.8, 4) is 16.8 Å². The van der Waals surface area contributed by atoms with Crippen LogP contribution in [0, 0.1) is 6.92 Å². The first-order valence-corrected chi connectivity index (χ1v) is 11.9. The molecule has 37 heavy (non-hydrogen) atoms. The second-order valence-electron chi connectivity index (χ2n) is 9.13. The van der Waals surface area contributed by atoms with E-state index in [1.54, 1.807) is 41.4 Å². The Labute approximate surface area is 212 Å². The van der Waals surface area contributed by atoms with E-state index in [0.29, 0.717) is 12.1 Å². The van der Waals surface area contributed by atoms with E-state index in [2.05, 4.69) is 25.2 Å². The van der Waals surface area contributed by atoms with Gasteiger partial charge in [-0.1, -0.05) is 6.07 Å². The van der Waals surface area contributed by atoms with Crippen LogP contribution in [-0.4, -0.2) is 43.4 Å². The normalized spacial score (nSPS) is 14.2. The third-order valence-corrected chi connectivity index (χ3v) is 6.39. The van der Waals surface area contributed by atoms with Crippen LogP contribution in [0.15, 0.2) is 67.6 Å². The van der Waals surface area contributed by atoms with Crippen molar-refractivity contribution in [1.82, 2.24) is 24.4 Å². The quantitative estimate of drug-likeness (QED) is 0.374. The first-order valence-electron chi connectivity index (χ1n) is 11.9. The highest BCUT2D eigenvalue weighted by Crippen LogP contribution is 2.33. The van der Waals surface area contributed by atoms with Gasteiger partial charge in [0.2, 0.25) is 0 Å². The van der Waals surface area contributed by atoms with Crippen molar-refractivity contribution < 1.29 is 18.0 Å². The number of aromatic nitrogens is 4. The third-order valence-electron chi connectivity index (χ3n) is 6.39. The van der Waals surface area contributed by atoms with Crippen LogP contribution < -0.4 is 5.32 Å². The van der Waals surface area contributed by atoms with E-state index in [4.69, 9.17) is 0 Å². The highest BCUT2D eigenvalue weighted by atomic mass is 19.4. The summed E-state index contributed by atoms with van der Waals surface area (Å²) in [4.78, 5) is 27.7. The maximum Gasteiger partial charge on any atom is 0.416 e. The molecule has 1 amide bonds. The molecule has 0 bridgehead atoms. The summed E-state index contributed by atoms with van der Waals surface area (Å²) in [7, 11) is 0. The number of anilines is 1. The minimum absolute atomic E-state index is 0.0368. The molecule has 4 aromatic rings. The number of halogens is 3. The van der Waals surface area contributed by atoms with Crippen molar-refractivity contribution >= 4 is 11.6 Å². The maximum atomic E-state index is 13.7. The molecule has 1 fully saturated rings. The zero-order valence-electron chi connectivity index (χ0n) is 20.2. The maximum absolute atomic E-state index is 13.7. The number of rotatable bonds is 6. The molecular weight excluding hydrogens is 481 g/mol. The highest BCUT2D eigenvalue weighted by molar-refractivity contribution is 6.05. The number of aryl methyl sites for hydroxylation is 1. The van der Waals surface area contributed by atoms with Gasteiger partial charge in [-0.3, -0.25) is 9.69 Å². The Morgan fingerprint density at radius 3 is 2.54 bits per heavy atom. The minimum atomic E-state index is -4.58. The number of carbonyl (C=O) groups excluding carboxylic acids is 1. The highest BCUT2D eigenvalue weighted by Gasteiger charge is 2.31. The summed E-state index contributed by atoms with van der Waals surface area (Å²) in [6.07, 6.45) is 5.61. The lowest BCUT2D eigenvalue weighted by Gasteiger charge is -2.14. The van der Waals surface area contributed by atoms with E-state index in [1.807, 2.05) is 6.92 Å². The summed E-state index contributed by atoms with van der Waals surface area (Å²) in [5, 5.41) is 2.63. The number of imidazole rings is 1. The number of carbonyl (C=O) groups is 1. The number of benzene rings is 2. The summed E-state index contributed by atoms with van der Waals surface area (Å²) in [6.45, 7) is 4.53. The lowest BCUT2D eigenvalue weighted by molar-refractivity contribution is -0.137. The molecule has 1 saturated heterocycles. The zero-order chi connectivity index (χ0) is 26.0. The Hall–Kier alpha value is -4.05. The SMILES string of the molecule is Cc1ccc(C(=O)Nc2cc(-n3cnc(CN4CCCC4)c3)cc(C(F)(F)F)c2)cc1-c1cncnc1. The van der Waals surface area contributed by atoms with Crippen molar-refractivity contribution in [3.63, 3.8) is 0 Å². The Morgan fingerprint density at radius 1 is 1.05 bits per heavy atom. The Bertz CT molecular complexity index is 1410. The minimum Gasteiger partial charge on any atom is -0.322 e. The van der Waals surface area contributed by atoms with Crippen LogP contribution in [0.3, 0.4) is 0 Å². The first kappa shape index (κ1) is 24.6. The van der Waals surface area contributed by atoms with Crippen molar-refractivity contribution in [2.75, 3.05) is 18.4 Å². The third kappa shape index (κ3) is 5.69. The van der Waals surface area contributed by atoms with Crippen LogP contribution in [-0.2, 0) is 12.7 Å². The molecule has 3 heterocycles. The van der Waals surface area contributed by atoms with Gasteiger partial charge in [0, 0.05) is 47.6 Å². The zero-order valence-corrected chi connectivity index (χ0v) is 20.2. The molecule has 7 nitrogen and oxygen atoms in total. The van der Waals surface area contributed by atoms with E-state index in [-0.39, 0.29) is 11.4 Å². The molecule has 0 radical (unpaired) electrons. The van der Waals surface area contributed by atoms with Crippen molar-refractivity contribution in [2.45, 2.75) is 32.5 Å². The predicted octanol–water partition coefficient (Wildman–Crippen LogP) is 5.50. The van der Waals surface area contributed by atoms with Crippen LogP contribution in [0.25, 0.3) is 16.8 Å². The average Bonchev–Trinajstić information content (AvgIpc) is 3.57. The van der Waals surface area contributed by atoms with E-state index in [0.717, 1.165) is 60.4 Å². The van der Waals surface area contributed by atoms with Crippen LogP contribution >= 0.6 is 0 Å². The second-order valence-corrected chi connectivity index (χ2v) is 9.13. The van der Waals surface area contributed by atoms with Gasteiger partial charge in [-0.25, -0.2) is 15.0 Å². The Balaban J connectivity index is 1.43. The summed E-state index contributed by atoms with van der Waals surface area (Å²) >= 11 is 0. The van der Waals surface area contributed by atoms with Crippen molar-refractivity contribution in [2.24, 2.45) is 0 Å². The number of nitrogens with zero attached hydrogens (tertiary/aromatic N) is 5. The van der Waals surface area contributed by atoms with Gasteiger partial charge in [0.15, 0.2) is 0 Å². The van der Waals surface area contributed by atoms with Gasteiger partial charge in [-0.2, -0.15) is 13.2 Å². The van der Waals surface area contributed by atoms with Gasteiger partial charge in [-0.15, -0.1) is 0 Å². The number of alkyl halides is 3. The molecule has 0 unspecified atom stereocenters. The largest absolute Gasteiger partial charge is 0.416 e. The number of likely N-dealkylation sites (tertiary alicyclic amines) is 1. The van der Waals surface area contributed by atoms with Gasteiger partial charge in [0.25, 0.3) is 5.91 Å². The molecular formula is C27H25F3N6O. The average molecular weight is 507 g/mol. The molecule has 2 aromatic carbocycles. The number of nitrogens with one attached hydrogen (secondary N) is 1. The molecule has 0 atom stereocenters. The van der Waals surface area contributed by atoms with Gasteiger partial charge in [-0.05, 0) is 74.3 Å². The summed E-state index contributed by atoms with van der Waals surface area (Å²) in [5.74, 6) is -0.524. The van der Waals surface area contributed by atoms with E-state index >= 15 is 0 Å². The summed E-state index contributed by atoms with van der Waals surface area (Å²) in [6, 6.07) is 8.59. The van der Waals surface area contributed by atoms with E-state index in [1.165, 1.54) is 18.7 Å². The van der Waals surface area contributed by atoms with Gasteiger partial charge in [0.1, 0.15) is 6.33 Å². The van der Waals surface area contributed by atoms with Crippen molar-refractivity contribution in [3.05, 3.63) is 90.0 Å². The smallest absolute Gasteiger partial charge is 0.322 e. The molecule has 0 saturated carbocycles. The van der Waals surface area contributed by atoms with Gasteiger partial charge >= 0.3 is 6.18 Å². The molecule has 0 spiro atoms. The Morgan fingerprint density at radius 2 is 1.81 bits per heavy atom. The monoisotopic (exact) mass is 506 g/mol. The van der Waals surface area contributed by atoms with Crippen LogP contribution in [0.4, 0.5) is 18.9 Å². The molecule has 2 aromatic heterocycles. The summed E-state index contributed by atoms with van der Waals surface area (Å²) < 4.78 is 42.7.